The van der Waals surface area contributed by atoms with Crippen molar-refractivity contribution in [3.63, 3.8) is 0 Å². The summed E-state index contributed by atoms with van der Waals surface area (Å²) in [6.07, 6.45) is 2.63. The molecule has 3 N–H and O–H groups in total. The number of fused-ring (bicyclic) bond motifs is 2. The Morgan fingerprint density at radius 2 is 2.19 bits per heavy atom. The van der Waals surface area contributed by atoms with Crippen LogP contribution in [0.3, 0.4) is 0 Å². The Labute approximate surface area is 150 Å². The first-order valence-corrected chi connectivity index (χ1v) is 8.74. The van der Waals surface area contributed by atoms with Gasteiger partial charge in [0, 0.05) is 17.5 Å². The van der Waals surface area contributed by atoms with E-state index in [0.29, 0.717) is 35.6 Å². The van der Waals surface area contributed by atoms with Gasteiger partial charge in [-0.25, -0.2) is 4.98 Å². The van der Waals surface area contributed by atoms with Crippen molar-refractivity contribution in [2.24, 2.45) is 23.5 Å². The molecule has 7 nitrogen and oxygen atoms in total. The Morgan fingerprint density at radius 1 is 1.38 bits per heavy atom. The van der Waals surface area contributed by atoms with Crippen LogP contribution in [0.2, 0.25) is 0 Å². The molecule has 2 fully saturated rings. The number of carbonyl (C=O) groups excluding carboxylic acids is 2. The molecule has 1 aromatic carbocycles. The maximum atomic E-state index is 12.0. The first-order chi connectivity index (χ1) is 12.5. The minimum Gasteiger partial charge on any atom is -0.496 e. The van der Waals surface area contributed by atoms with E-state index in [1.165, 1.54) is 7.11 Å². The van der Waals surface area contributed by atoms with E-state index in [1.807, 2.05) is 0 Å². The minimum atomic E-state index is -0.554. The minimum absolute atomic E-state index is 0.0151. The summed E-state index contributed by atoms with van der Waals surface area (Å²) >= 11 is 0. The number of aromatic nitrogens is 1. The second kappa shape index (κ2) is 6.16. The molecule has 0 radical (unpaired) electrons. The fourth-order valence-electron chi connectivity index (χ4n) is 4.19. The number of hydrogen-bond acceptors (Lipinski definition) is 5. The zero-order valence-corrected chi connectivity index (χ0v) is 14.7. The topological polar surface area (TPSA) is 104 Å². The van der Waals surface area contributed by atoms with Gasteiger partial charge in [-0.05, 0) is 35.4 Å². The van der Waals surface area contributed by atoms with Crippen molar-refractivity contribution in [2.75, 3.05) is 13.7 Å². The van der Waals surface area contributed by atoms with Crippen molar-refractivity contribution < 1.29 is 19.1 Å². The number of hydrogen-bond donors (Lipinski definition) is 2. The molecule has 1 aliphatic heterocycles. The summed E-state index contributed by atoms with van der Waals surface area (Å²) in [5.74, 6) is 1.38. The molecule has 2 aromatic rings. The van der Waals surface area contributed by atoms with E-state index in [0.717, 1.165) is 17.2 Å². The highest BCUT2D eigenvalue weighted by Crippen LogP contribution is 2.54. The van der Waals surface area contributed by atoms with Gasteiger partial charge < -0.3 is 20.5 Å². The molecule has 4 rings (SSSR count). The van der Waals surface area contributed by atoms with E-state index in [4.69, 9.17) is 15.2 Å². The van der Waals surface area contributed by atoms with Crippen LogP contribution < -0.4 is 20.5 Å². The van der Waals surface area contributed by atoms with Crippen LogP contribution >= 0.6 is 0 Å². The van der Waals surface area contributed by atoms with Gasteiger partial charge in [0.2, 0.25) is 11.8 Å². The van der Waals surface area contributed by atoms with E-state index in [1.54, 1.807) is 24.4 Å². The van der Waals surface area contributed by atoms with Gasteiger partial charge in [-0.3, -0.25) is 9.59 Å². The van der Waals surface area contributed by atoms with Crippen LogP contribution in [0.25, 0.3) is 10.8 Å². The van der Waals surface area contributed by atoms with Crippen molar-refractivity contribution in [2.45, 2.75) is 19.4 Å². The maximum Gasteiger partial charge on any atom is 0.252 e. The average molecular weight is 355 g/mol. The van der Waals surface area contributed by atoms with Crippen LogP contribution in [0.15, 0.2) is 24.4 Å². The lowest BCUT2D eigenvalue weighted by Gasteiger charge is -2.17. The molecule has 2 amide bonds. The SMILES string of the molecule is CC[C@H]1[C@H]2C(=O)N[C@H](COc3nccc4cc(C(N)=O)c(OC)cc34)[C@H]12. The zero-order valence-electron chi connectivity index (χ0n) is 14.7. The van der Waals surface area contributed by atoms with Gasteiger partial charge in [-0.1, -0.05) is 13.3 Å². The molecular formula is C19H21N3O4. The molecule has 1 saturated carbocycles. The Hall–Kier alpha value is -2.83. The number of carbonyl (C=O) groups is 2. The highest BCUT2D eigenvalue weighted by molar-refractivity contribution is 6.01. The zero-order chi connectivity index (χ0) is 18.4. The first kappa shape index (κ1) is 16.6. The van der Waals surface area contributed by atoms with Gasteiger partial charge in [0.25, 0.3) is 5.91 Å². The summed E-state index contributed by atoms with van der Waals surface area (Å²) < 4.78 is 11.2. The first-order valence-electron chi connectivity index (χ1n) is 8.74. The fourth-order valence-corrected chi connectivity index (χ4v) is 4.19. The van der Waals surface area contributed by atoms with Crippen LogP contribution in [-0.2, 0) is 4.79 Å². The number of nitrogens with one attached hydrogen (secondary N) is 1. The monoisotopic (exact) mass is 355 g/mol. The number of ether oxygens (including phenoxy) is 2. The molecule has 7 heteroatoms. The number of rotatable bonds is 6. The number of benzene rings is 1. The molecule has 0 unspecified atom stereocenters. The fraction of sp³-hybridized carbons (Fsp3) is 0.421. The van der Waals surface area contributed by atoms with Crippen molar-refractivity contribution >= 4 is 22.6 Å². The summed E-state index contributed by atoms with van der Waals surface area (Å²) in [7, 11) is 1.48. The Balaban J connectivity index is 1.59. The number of methoxy groups -OCH3 is 1. The van der Waals surface area contributed by atoms with E-state index < -0.39 is 5.91 Å². The van der Waals surface area contributed by atoms with Gasteiger partial charge in [-0.15, -0.1) is 0 Å². The number of primary amides is 1. The summed E-state index contributed by atoms with van der Waals surface area (Å²) in [6, 6.07) is 5.18. The molecule has 2 heterocycles. The van der Waals surface area contributed by atoms with Crippen LogP contribution in [0.1, 0.15) is 23.7 Å². The largest absolute Gasteiger partial charge is 0.496 e. The molecule has 1 saturated heterocycles. The summed E-state index contributed by atoms with van der Waals surface area (Å²) in [5, 5.41) is 4.53. The highest BCUT2D eigenvalue weighted by atomic mass is 16.5. The Morgan fingerprint density at radius 3 is 2.85 bits per heavy atom. The smallest absolute Gasteiger partial charge is 0.252 e. The van der Waals surface area contributed by atoms with Gasteiger partial charge >= 0.3 is 0 Å². The molecule has 2 aliphatic rings. The van der Waals surface area contributed by atoms with Gasteiger partial charge in [0.05, 0.1) is 18.7 Å². The predicted molar refractivity (Wildman–Crippen MR) is 95.0 cm³/mol. The molecule has 136 valence electrons. The van der Waals surface area contributed by atoms with E-state index in [9.17, 15) is 9.59 Å². The number of amides is 2. The lowest BCUT2D eigenvalue weighted by molar-refractivity contribution is -0.121. The highest BCUT2D eigenvalue weighted by Gasteiger charge is 2.62. The third kappa shape index (κ3) is 2.55. The van der Waals surface area contributed by atoms with E-state index in [-0.39, 0.29) is 17.9 Å². The van der Waals surface area contributed by atoms with Gasteiger partial charge in [0.1, 0.15) is 12.4 Å². The number of nitrogens with two attached hydrogens (primary N) is 1. The number of piperidine rings is 1. The summed E-state index contributed by atoms with van der Waals surface area (Å²) in [6.45, 7) is 2.48. The molecular weight excluding hydrogens is 334 g/mol. The van der Waals surface area contributed by atoms with Crippen LogP contribution in [0, 0.1) is 17.8 Å². The quantitative estimate of drug-likeness (QED) is 0.817. The molecule has 1 aromatic heterocycles. The van der Waals surface area contributed by atoms with Crippen molar-refractivity contribution in [3.05, 3.63) is 30.0 Å². The second-order valence-electron chi connectivity index (χ2n) is 6.86. The standard InChI is InChI=1S/C19H21N3O4/c1-3-10-15-13(22-18(24)16(10)15)8-26-19-11-7-14(25-2)12(17(20)23)6-9(11)4-5-21-19/h4-7,10,13,15-16H,3,8H2,1-2H3,(H2,20,23)(H,22,24)/t10-,13-,15+,16-/m1/s1. The molecule has 26 heavy (non-hydrogen) atoms. The van der Waals surface area contributed by atoms with Crippen LogP contribution in [0.5, 0.6) is 11.6 Å². The third-order valence-electron chi connectivity index (χ3n) is 5.51. The number of nitrogens with zero attached hydrogens (tertiary/aromatic N) is 1. The van der Waals surface area contributed by atoms with Crippen LogP contribution in [-0.4, -0.2) is 36.6 Å². The van der Waals surface area contributed by atoms with Crippen molar-refractivity contribution in [3.8, 4) is 11.6 Å². The Bertz CT molecular complexity index is 898. The third-order valence-corrected chi connectivity index (χ3v) is 5.51. The molecule has 4 atom stereocenters. The maximum absolute atomic E-state index is 12.0. The Kier molecular flexibility index (Phi) is 3.94. The molecule has 0 spiro atoms. The van der Waals surface area contributed by atoms with E-state index in [2.05, 4.69) is 17.2 Å². The lowest BCUT2D eigenvalue weighted by Crippen LogP contribution is -2.37. The summed E-state index contributed by atoms with van der Waals surface area (Å²) in [5.41, 5.74) is 5.73. The second-order valence-corrected chi connectivity index (χ2v) is 6.86. The molecule has 0 bridgehead atoms. The predicted octanol–water partition coefficient (Wildman–Crippen LogP) is 1.49. The molecule has 1 aliphatic carbocycles. The summed E-state index contributed by atoms with van der Waals surface area (Å²) in [4.78, 5) is 27.9. The van der Waals surface area contributed by atoms with Crippen molar-refractivity contribution in [1.29, 1.82) is 0 Å². The normalized spacial score (nSPS) is 26.3. The van der Waals surface area contributed by atoms with Gasteiger partial charge in [0.15, 0.2) is 0 Å². The average Bonchev–Trinajstić information content (AvgIpc) is 3.29. The lowest BCUT2D eigenvalue weighted by atomic mass is 10.1. The number of pyridine rings is 1. The van der Waals surface area contributed by atoms with Gasteiger partial charge in [-0.2, -0.15) is 0 Å². The van der Waals surface area contributed by atoms with Crippen LogP contribution in [0.4, 0.5) is 0 Å². The van der Waals surface area contributed by atoms with E-state index >= 15 is 0 Å². The van der Waals surface area contributed by atoms with Crippen molar-refractivity contribution in [1.82, 2.24) is 10.3 Å².